The first-order valence-corrected chi connectivity index (χ1v) is 5.30. The van der Waals surface area contributed by atoms with Crippen molar-refractivity contribution in [1.29, 1.82) is 0 Å². The highest BCUT2D eigenvalue weighted by Gasteiger charge is 2.46. The van der Waals surface area contributed by atoms with E-state index in [1.165, 1.54) is 0 Å². The summed E-state index contributed by atoms with van der Waals surface area (Å²) in [4.78, 5) is 10.5. The van der Waals surface area contributed by atoms with Gasteiger partial charge in [-0.1, -0.05) is 12.1 Å². The second-order valence-corrected chi connectivity index (χ2v) is 4.22. The Kier molecular flexibility index (Phi) is 3.00. The van der Waals surface area contributed by atoms with Crippen LogP contribution in [0.5, 0.6) is 5.75 Å². The molecule has 0 unspecified atom stereocenters. The number of ether oxygens (including phenoxy) is 1. The smallest absolute Gasteiger partial charge is 0.307 e. The van der Waals surface area contributed by atoms with Gasteiger partial charge in [0.15, 0.2) is 0 Å². The Bertz CT molecular complexity index is 424. The molecule has 0 bridgehead atoms. The van der Waals surface area contributed by atoms with E-state index in [2.05, 4.69) is 0 Å². The van der Waals surface area contributed by atoms with Crippen LogP contribution in [0.3, 0.4) is 0 Å². The molecule has 0 amide bonds. The Morgan fingerprint density at radius 2 is 2.18 bits per heavy atom. The summed E-state index contributed by atoms with van der Waals surface area (Å²) in [7, 11) is 0. The predicted molar refractivity (Wildman–Crippen MR) is 56.4 cm³/mol. The van der Waals surface area contributed by atoms with Crippen molar-refractivity contribution in [1.82, 2.24) is 0 Å². The molecule has 1 saturated carbocycles. The number of aliphatic carboxylic acids is 1. The first kappa shape index (κ1) is 11.8. The van der Waals surface area contributed by atoms with Gasteiger partial charge in [-0.25, -0.2) is 8.78 Å². The molecule has 0 aliphatic heterocycles. The summed E-state index contributed by atoms with van der Waals surface area (Å²) in [6, 6.07) is 6.53. The van der Waals surface area contributed by atoms with Crippen molar-refractivity contribution in [2.24, 2.45) is 0 Å². The highest BCUT2D eigenvalue weighted by Crippen LogP contribution is 2.39. The van der Waals surface area contributed by atoms with Gasteiger partial charge in [0.25, 0.3) is 5.92 Å². The Balaban J connectivity index is 1.95. The Morgan fingerprint density at radius 1 is 1.47 bits per heavy atom. The fourth-order valence-corrected chi connectivity index (χ4v) is 1.79. The quantitative estimate of drug-likeness (QED) is 0.882. The number of hydrogen-bond donors (Lipinski definition) is 1. The molecule has 92 valence electrons. The average molecular weight is 242 g/mol. The molecule has 5 heteroatoms. The van der Waals surface area contributed by atoms with Gasteiger partial charge in [-0.05, 0) is 17.7 Å². The summed E-state index contributed by atoms with van der Waals surface area (Å²) < 4.78 is 30.5. The summed E-state index contributed by atoms with van der Waals surface area (Å²) in [6.45, 7) is 0. The van der Waals surface area contributed by atoms with Gasteiger partial charge in [0.1, 0.15) is 11.9 Å². The first-order chi connectivity index (χ1) is 7.94. The molecule has 0 atom stereocenters. The number of carboxylic acid groups (broad SMARTS) is 1. The van der Waals surface area contributed by atoms with Crippen LogP contribution in [-0.2, 0) is 11.2 Å². The lowest BCUT2D eigenvalue weighted by Crippen LogP contribution is -2.43. The molecule has 0 radical (unpaired) electrons. The molecule has 1 aromatic rings. The molecule has 0 spiro atoms. The fourth-order valence-electron chi connectivity index (χ4n) is 1.79. The largest absolute Gasteiger partial charge is 0.490 e. The van der Waals surface area contributed by atoms with E-state index in [0.29, 0.717) is 11.3 Å². The first-order valence-electron chi connectivity index (χ1n) is 5.30. The predicted octanol–water partition coefficient (Wildman–Crippen LogP) is 2.49. The maximum atomic E-state index is 12.6. The summed E-state index contributed by atoms with van der Waals surface area (Å²) >= 11 is 0. The molecule has 2 rings (SSSR count). The van der Waals surface area contributed by atoms with E-state index in [0.717, 1.165) is 0 Å². The third-order valence-electron chi connectivity index (χ3n) is 2.61. The van der Waals surface area contributed by atoms with Crippen molar-refractivity contribution in [2.75, 3.05) is 0 Å². The maximum absolute atomic E-state index is 12.6. The molecule has 1 aliphatic carbocycles. The molecule has 0 saturated heterocycles. The van der Waals surface area contributed by atoms with Gasteiger partial charge in [-0.15, -0.1) is 0 Å². The zero-order valence-corrected chi connectivity index (χ0v) is 9.03. The highest BCUT2D eigenvalue weighted by atomic mass is 19.3. The van der Waals surface area contributed by atoms with E-state index in [-0.39, 0.29) is 19.3 Å². The van der Waals surface area contributed by atoms with Crippen molar-refractivity contribution in [3.63, 3.8) is 0 Å². The molecular formula is C12H12F2O3. The van der Waals surface area contributed by atoms with Gasteiger partial charge < -0.3 is 9.84 Å². The normalized spacial score (nSPS) is 18.5. The monoisotopic (exact) mass is 242 g/mol. The van der Waals surface area contributed by atoms with Crippen LogP contribution < -0.4 is 4.74 Å². The summed E-state index contributed by atoms with van der Waals surface area (Å²) in [5.74, 6) is -3.09. The van der Waals surface area contributed by atoms with Gasteiger partial charge in [0, 0.05) is 12.8 Å². The molecule has 1 aromatic carbocycles. The van der Waals surface area contributed by atoms with Crippen LogP contribution in [0.4, 0.5) is 8.78 Å². The van der Waals surface area contributed by atoms with E-state index in [1.54, 1.807) is 24.3 Å². The molecule has 17 heavy (non-hydrogen) atoms. The summed E-state index contributed by atoms with van der Waals surface area (Å²) in [6.07, 6.45) is -1.10. The minimum Gasteiger partial charge on any atom is -0.490 e. The Labute approximate surface area is 97.0 Å². The van der Waals surface area contributed by atoms with Crippen molar-refractivity contribution in [3.8, 4) is 5.75 Å². The number of carbonyl (C=O) groups is 1. The second kappa shape index (κ2) is 4.31. The second-order valence-electron chi connectivity index (χ2n) is 4.22. The van der Waals surface area contributed by atoms with Crippen LogP contribution in [0.25, 0.3) is 0 Å². The maximum Gasteiger partial charge on any atom is 0.307 e. The third kappa shape index (κ3) is 3.15. The zero-order chi connectivity index (χ0) is 12.5. The molecule has 1 fully saturated rings. The molecule has 1 N–H and O–H groups in total. The fraction of sp³-hybridized carbons (Fsp3) is 0.417. The van der Waals surface area contributed by atoms with E-state index >= 15 is 0 Å². The lowest BCUT2D eigenvalue weighted by atomic mass is 9.91. The molecule has 0 aromatic heterocycles. The van der Waals surface area contributed by atoms with Crippen LogP contribution in [0, 0.1) is 0 Å². The van der Waals surface area contributed by atoms with Crippen molar-refractivity contribution in [2.45, 2.75) is 31.3 Å². The minimum absolute atomic E-state index is 0.0992. The van der Waals surface area contributed by atoms with E-state index in [9.17, 15) is 13.6 Å². The molecule has 1 aliphatic rings. The van der Waals surface area contributed by atoms with Crippen molar-refractivity contribution in [3.05, 3.63) is 29.8 Å². The summed E-state index contributed by atoms with van der Waals surface area (Å²) in [5, 5.41) is 8.63. The lowest BCUT2D eigenvalue weighted by Gasteiger charge is -2.34. The molecular weight excluding hydrogens is 230 g/mol. The number of carboxylic acids is 1. The average Bonchev–Trinajstić information content (AvgIpc) is 2.14. The Hall–Kier alpha value is -1.65. The number of rotatable bonds is 4. The molecule has 3 nitrogen and oxygen atoms in total. The van der Waals surface area contributed by atoms with Crippen LogP contribution in [0.15, 0.2) is 24.3 Å². The standard InChI is InChI=1S/C12H12F2O3/c13-12(14)6-10(7-12)17-9-3-1-2-8(4-9)5-11(15)16/h1-4,10H,5-7H2,(H,15,16). The van der Waals surface area contributed by atoms with Gasteiger partial charge >= 0.3 is 5.97 Å². The van der Waals surface area contributed by atoms with E-state index < -0.39 is 18.0 Å². The SMILES string of the molecule is O=C(O)Cc1cccc(OC2CC(F)(F)C2)c1. The van der Waals surface area contributed by atoms with Gasteiger partial charge in [0.05, 0.1) is 6.42 Å². The van der Waals surface area contributed by atoms with Gasteiger partial charge in [-0.2, -0.15) is 0 Å². The Morgan fingerprint density at radius 3 is 2.76 bits per heavy atom. The highest BCUT2D eigenvalue weighted by molar-refractivity contribution is 5.70. The van der Waals surface area contributed by atoms with Crippen LogP contribution in [0.2, 0.25) is 0 Å². The van der Waals surface area contributed by atoms with Crippen molar-refractivity contribution >= 4 is 5.97 Å². The van der Waals surface area contributed by atoms with Gasteiger partial charge in [-0.3, -0.25) is 4.79 Å². The van der Waals surface area contributed by atoms with Gasteiger partial charge in [0.2, 0.25) is 0 Å². The molecule has 0 heterocycles. The topological polar surface area (TPSA) is 46.5 Å². The number of halogens is 2. The van der Waals surface area contributed by atoms with E-state index in [4.69, 9.17) is 9.84 Å². The summed E-state index contributed by atoms with van der Waals surface area (Å²) in [5.41, 5.74) is 0.598. The minimum atomic E-state index is -2.61. The lowest BCUT2D eigenvalue weighted by molar-refractivity contribution is -0.136. The zero-order valence-electron chi connectivity index (χ0n) is 9.03. The number of hydrogen-bond acceptors (Lipinski definition) is 2. The van der Waals surface area contributed by atoms with E-state index in [1.807, 2.05) is 0 Å². The van der Waals surface area contributed by atoms with Crippen LogP contribution in [0.1, 0.15) is 18.4 Å². The number of benzene rings is 1. The third-order valence-corrected chi connectivity index (χ3v) is 2.61. The van der Waals surface area contributed by atoms with Crippen LogP contribution >= 0.6 is 0 Å². The number of alkyl halides is 2. The van der Waals surface area contributed by atoms with Crippen LogP contribution in [-0.4, -0.2) is 23.1 Å². The van der Waals surface area contributed by atoms with Crippen molar-refractivity contribution < 1.29 is 23.4 Å².